The molecule has 5 rings (SSSR count). The Morgan fingerprint density at radius 2 is 1.86 bits per heavy atom. The summed E-state index contributed by atoms with van der Waals surface area (Å²) < 4.78 is 0. The number of hydrogen-bond donors (Lipinski definition) is 3. The van der Waals surface area contributed by atoms with E-state index in [1.807, 2.05) is 23.1 Å². The van der Waals surface area contributed by atoms with Crippen molar-refractivity contribution in [2.75, 3.05) is 18.4 Å². The van der Waals surface area contributed by atoms with E-state index >= 15 is 0 Å². The van der Waals surface area contributed by atoms with Gasteiger partial charge in [-0.2, -0.15) is 0 Å². The van der Waals surface area contributed by atoms with Gasteiger partial charge in [0.05, 0.1) is 6.04 Å². The molecule has 1 aliphatic carbocycles. The van der Waals surface area contributed by atoms with E-state index in [1.54, 1.807) is 12.1 Å². The number of fused-ring (bicyclic) bond motifs is 3. The first-order valence-corrected chi connectivity index (χ1v) is 10.00. The predicted molar refractivity (Wildman–Crippen MR) is 108 cm³/mol. The molecule has 3 unspecified atom stereocenters. The predicted octanol–water partition coefficient (Wildman–Crippen LogP) is 4.16. The quantitative estimate of drug-likeness (QED) is 0.688. The van der Waals surface area contributed by atoms with E-state index in [9.17, 15) is 15.0 Å². The molecule has 2 aliphatic heterocycles. The molecule has 5 nitrogen and oxygen atoms in total. The lowest BCUT2D eigenvalue weighted by atomic mass is 9.76. The van der Waals surface area contributed by atoms with Gasteiger partial charge in [0.1, 0.15) is 11.5 Å². The van der Waals surface area contributed by atoms with Crippen LogP contribution in [0.25, 0.3) is 0 Å². The summed E-state index contributed by atoms with van der Waals surface area (Å²) in [4.78, 5) is 14.8. The molecule has 5 heteroatoms. The molecule has 1 amide bonds. The van der Waals surface area contributed by atoms with Crippen LogP contribution >= 0.6 is 0 Å². The first kappa shape index (κ1) is 17.2. The van der Waals surface area contributed by atoms with Crippen LogP contribution in [0.1, 0.15) is 52.7 Å². The Labute approximate surface area is 164 Å². The SMILES string of the molecule is O=C(c1ccc2c(c1)C1C=CCC1C(c1ccc(O)cc1O)N2)N1CCCC1. The molecule has 28 heavy (non-hydrogen) atoms. The summed E-state index contributed by atoms with van der Waals surface area (Å²) in [5, 5.41) is 23.6. The molecule has 0 spiro atoms. The molecule has 3 N–H and O–H groups in total. The number of phenols is 2. The van der Waals surface area contributed by atoms with Crippen molar-refractivity contribution in [2.45, 2.75) is 31.2 Å². The van der Waals surface area contributed by atoms with Crippen molar-refractivity contribution in [2.24, 2.45) is 5.92 Å². The summed E-state index contributed by atoms with van der Waals surface area (Å²) in [6.45, 7) is 1.70. The second kappa shape index (κ2) is 6.59. The van der Waals surface area contributed by atoms with E-state index in [0.29, 0.717) is 0 Å². The second-order valence-corrected chi connectivity index (χ2v) is 8.02. The third kappa shape index (κ3) is 2.73. The van der Waals surface area contributed by atoms with Gasteiger partial charge in [-0.15, -0.1) is 0 Å². The summed E-state index contributed by atoms with van der Waals surface area (Å²) in [6, 6.07) is 10.7. The zero-order valence-electron chi connectivity index (χ0n) is 15.6. The number of hydrogen-bond acceptors (Lipinski definition) is 4. The Hall–Kier alpha value is -2.95. The van der Waals surface area contributed by atoms with Crippen LogP contribution < -0.4 is 5.32 Å². The molecule has 2 aromatic rings. The smallest absolute Gasteiger partial charge is 0.253 e. The van der Waals surface area contributed by atoms with E-state index in [0.717, 1.165) is 54.7 Å². The summed E-state index contributed by atoms with van der Waals surface area (Å²) >= 11 is 0. The molecule has 0 saturated carbocycles. The fourth-order valence-corrected chi connectivity index (χ4v) is 4.93. The van der Waals surface area contributed by atoms with Crippen LogP contribution in [0.2, 0.25) is 0 Å². The minimum atomic E-state index is -0.0479. The van der Waals surface area contributed by atoms with Gasteiger partial charge in [-0.3, -0.25) is 4.79 Å². The first-order valence-electron chi connectivity index (χ1n) is 10.00. The summed E-state index contributed by atoms with van der Waals surface area (Å²) in [6.07, 6.45) is 7.49. The van der Waals surface area contributed by atoms with Crippen LogP contribution in [-0.4, -0.2) is 34.1 Å². The third-order valence-corrected chi connectivity index (χ3v) is 6.35. The van der Waals surface area contributed by atoms with Gasteiger partial charge in [-0.05, 0) is 61.1 Å². The highest BCUT2D eigenvalue weighted by atomic mass is 16.3. The topological polar surface area (TPSA) is 72.8 Å². The Morgan fingerprint density at radius 1 is 1.04 bits per heavy atom. The highest BCUT2D eigenvalue weighted by molar-refractivity contribution is 5.95. The molecule has 2 heterocycles. The van der Waals surface area contributed by atoms with Crippen molar-refractivity contribution in [3.8, 4) is 11.5 Å². The number of anilines is 1. The molecule has 0 radical (unpaired) electrons. The van der Waals surface area contributed by atoms with Crippen LogP contribution in [0, 0.1) is 5.92 Å². The van der Waals surface area contributed by atoms with E-state index in [-0.39, 0.29) is 35.3 Å². The zero-order chi connectivity index (χ0) is 19.3. The molecular weight excluding hydrogens is 352 g/mol. The van der Waals surface area contributed by atoms with Crippen molar-refractivity contribution in [1.82, 2.24) is 4.90 Å². The lowest BCUT2D eigenvalue weighted by molar-refractivity contribution is 0.0792. The Morgan fingerprint density at radius 3 is 2.64 bits per heavy atom. The number of aromatic hydroxyl groups is 2. The van der Waals surface area contributed by atoms with Crippen molar-refractivity contribution in [1.29, 1.82) is 0 Å². The van der Waals surface area contributed by atoms with Gasteiger partial charge in [0, 0.05) is 41.9 Å². The summed E-state index contributed by atoms with van der Waals surface area (Å²) in [5.41, 5.74) is 3.70. The van der Waals surface area contributed by atoms with Crippen LogP contribution in [-0.2, 0) is 0 Å². The fourth-order valence-electron chi connectivity index (χ4n) is 4.93. The van der Waals surface area contributed by atoms with Crippen LogP contribution in [0.15, 0.2) is 48.6 Å². The number of benzene rings is 2. The van der Waals surface area contributed by atoms with Crippen molar-refractivity contribution >= 4 is 11.6 Å². The molecule has 3 aliphatic rings. The fraction of sp³-hybridized carbons (Fsp3) is 0.348. The molecule has 144 valence electrons. The average Bonchev–Trinajstić information content (AvgIpc) is 3.39. The number of amides is 1. The number of carbonyl (C=O) groups is 1. The number of nitrogens with zero attached hydrogens (tertiary/aromatic N) is 1. The number of allylic oxidation sites excluding steroid dienone is 2. The van der Waals surface area contributed by atoms with Crippen molar-refractivity contribution < 1.29 is 15.0 Å². The average molecular weight is 376 g/mol. The minimum Gasteiger partial charge on any atom is -0.508 e. The van der Waals surface area contributed by atoms with Gasteiger partial charge in [0.25, 0.3) is 5.91 Å². The minimum absolute atomic E-state index is 0.0479. The van der Waals surface area contributed by atoms with Crippen molar-refractivity contribution in [3.63, 3.8) is 0 Å². The molecule has 2 aromatic carbocycles. The zero-order valence-corrected chi connectivity index (χ0v) is 15.6. The van der Waals surface area contributed by atoms with E-state index in [1.165, 1.54) is 6.07 Å². The van der Waals surface area contributed by atoms with Crippen molar-refractivity contribution in [3.05, 3.63) is 65.2 Å². The Kier molecular flexibility index (Phi) is 4.04. The summed E-state index contributed by atoms with van der Waals surface area (Å²) in [7, 11) is 0. The molecule has 1 saturated heterocycles. The number of likely N-dealkylation sites (tertiary alicyclic amines) is 1. The lowest BCUT2D eigenvalue weighted by Crippen LogP contribution is -2.30. The third-order valence-electron chi connectivity index (χ3n) is 6.35. The summed E-state index contributed by atoms with van der Waals surface area (Å²) in [5.74, 6) is 0.758. The maximum atomic E-state index is 12.8. The van der Waals surface area contributed by atoms with Gasteiger partial charge in [-0.1, -0.05) is 12.2 Å². The van der Waals surface area contributed by atoms with Gasteiger partial charge >= 0.3 is 0 Å². The van der Waals surface area contributed by atoms with Gasteiger partial charge in [0.15, 0.2) is 0 Å². The molecule has 0 aromatic heterocycles. The number of phenolic OH excluding ortho intramolecular Hbond substituents is 2. The number of rotatable bonds is 2. The Bertz CT molecular complexity index is 962. The normalized spacial score (nSPS) is 25.3. The largest absolute Gasteiger partial charge is 0.508 e. The number of nitrogens with one attached hydrogen (secondary N) is 1. The van der Waals surface area contributed by atoms with Gasteiger partial charge < -0.3 is 20.4 Å². The molecule has 1 fully saturated rings. The highest BCUT2D eigenvalue weighted by Gasteiger charge is 2.39. The van der Waals surface area contributed by atoms with Gasteiger partial charge in [0.2, 0.25) is 0 Å². The molecule has 0 bridgehead atoms. The highest BCUT2D eigenvalue weighted by Crippen LogP contribution is 2.51. The van der Waals surface area contributed by atoms with Crippen LogP contribution in [0.5, 0.6) is 11.5 Å². The van der Waals surface area contributed by atoms with Crippen LogP contribution in [0.4, 0.5) is 5.69 Å². The Balaban J connectivity index is 1.51. The lowest BCUT2D eigenvalue weighted by Gasteiger charge is -2.38. The van der Waals surface area contributed by atoms with Crippen LogP contribution in [0.3, 0.4) is 0 Å². The monoisotopic (exact) mass is 376 g/mol. The molecular formula is C23H24N2O3. The number of carbonyl (C=O) groups excluding carboxylic acids is 1. The standard InChI is InChI=1S/C23H24N2O3/c26-15-7-8-18(21(27)13-15)22-17-5-3-4-16(17)19-12-14(6-9-20(19)24-22)23(28)25-10-1-2-11-25/h3-4,6-9,12-13,16-17,22,24,26-27H,1-2,5,10-11H2. The maximum absolute atomic E-state index is 12.8. The second-order valence-electron chi connectivity index (χ2n) is 8.02. The molecule has 3 atom stereocenters. The van der Waals surface area contributed by atoms with E-state index in [4.69, 9.17) is 0 Å². The van der Waals surface area contributed by atoms with Gasteiger partial charge in [-0.25, -0.2) is 0 Å². The van der Waals surface area contributed by atoms with E-state index < -0.39 is 0 Å². The maximum Gasteiger partial charge on any atom is 0.253 e. The van der Waals surface area contributed by atoms with E-state index in [2.05, 4.69) is 17.5 Å². The first-order chi connectivity index (χ1) is 13.6.